The number of ketones is 1. The minimum absolute atomic E-state index is 0.0227. The molecule has 29 heavy (non-hydrogen) atoms. The number of nitrogens with zero attached hydrogens (tertiary/aromatic N) is 2. The summed E-state index contributed by atoms with van der Waals surface area (Å²) in [5.74, 6) is -0.659. The van der Waals surface area contributed by atoms with Crippen molar-refractivity contribution in [3.63, 3.8) is 0 Å². The molecule has 1 aliphatic rings. The number of carbonyl (C=O) groups excluding carboxylic acids is 3. The minimum Gasteiger partial charge on any atom is -0.490 e. The quantitative estimate of drug-likeness (QED) is 0.434. The lowest BCUT2D eigenvalue weighted by Crippen LogP contribution is -2.26. The van der Waals surface area contributed by atoms with E-state index in [4.69, 9.17) is 4.74 Å². The SMILES string of the molecule is COc1ccc(C(=O)NCCC(=O)c2ccc3c(c2)CC(=O)N3C)cc1[N+](=O)[O-]. The van der Waals surface area contributed by atoms with Gasteiger partial charge < -0.3 is 15.0 Å². The number of nitrogens with one attached hydrogen (secondary N) is 1. The number of ether oxygens (including phenoxy) is 1. The molecule has 1 heterocycles. The zero-order chi connectivity index (χ0) is 21.1. The standard InChI is InChI=1S/C20H19N3O6/c1-22-15-5-3-12(9-14(15)11-19(22)25)17(24)7-8-21-20(26)13-4-6-18(29-2)16(10-13)23(27)28/h3-6,9-10H,7-8,11H2,1-2H3,(H,21,26). The molecule has 9 heteroatoms. The highest BCUT2D eigenvalue weighted by molar-refractivity contribution is 6.03. The molecule has 2 aromatic carbocycles. The normalized spacial score (nSPS) is 12.5. The molecule has 1 aliphatic heterocycles. The van der Waals surface area contributed by atoms with Gasteiger partial charge in [-0.3, -0.25) is 24.5 Å². The lowest BCUT2D eigenvalue weighted by atomic mass is 10.0. The van der Waals surface area contributed by atoms with Crippen molar-refractivity contribution in [3.8, 4) is 5.75 Å². The van der Waals surface area contributed by atoms with Gasteiger partial charge in [0.2, 0.25) is 5.91 Å². The highest BCUT2D eigenvalue weighted by atomic mass is 16.6. The molecule has 150 valence electrons. The van der Waals surface area contributed by atoms with Gasteiger partial charge >= 0.3 is 5.69 Å². The molecule has 0 saturated heterocycles. The van der Waals surface area contributed by atoms with Gasteiger partial charge in [0.1, 0.15) is 0 Å². The summed E-state index contributed by atoms with van der Waals surface area (Å²) in [4.78, 5) is 48.4. The van der Waals surface area contributed by atoms with E-state index < -0.39 is 10.8 Å². The third-order valence-electron chi connectivity index (χ3n) is 4.75. The second-order valence-electron chi connectivity index (χ2n) is 6.55. The van der Waals surface area contributed by atoms with Gasteiger partial charge in [-0.1, -0.05) is 0 Å². The van der Waals surface area contributed by atoms with Crippen LogP contribution in [0.3, 0.4) is 0 Å². The van der Waals surface area contributed by atoms with E-state index in [2.05, 4.69) is 5.32 Å². The maximum atomic E-state index is 12.4. The summed E-state index contributed by atoms with van der Waals surface area (Å²) in [6.07, 6.45) is 0.326. The number of benzene rings is 2. The summed E-state index contributed by atoms with van der Waals surface area (Å²) in [5.41, 5.74) is 1.86. The van der Waals surface area contributed by atoms with Gasteiger partial charge in [0, 0.05) is 42.9 Å². The van der Waals surface area contributed by atoms with Crippen molar-refractivity contribution in [2.45, 2.75) is 12.8 Å². The average molecular weight is 397 g/mol. The third-order valence-corrected chi connectivity index (χ3v) is 4.75. The molecule has 0 radical (unpaired) electrons. The first kappa shape index (κ1) is 20.0. The van der Waals surface area contributed by atoms with Crippen LogP contribution in [0, 0.1) is 10.1 Å². The Balaban J connectivity index is 1.60. The Labute approximate surface area is 166 Å². The van der Waals surface area contributed by atoms with Crippen LogP contribution in [0.4, 0.5) is 11.4 Å². The first-order chi connectivity index (χ1) is 13.8. The third kappa shape index (κ3) is 4.08. The number of fused-ring (bicyclic) bond motifs is 1. The van der Waals surface area contributed by atoms with Crippen molar-refractivity contribution in [3.05, 3.63) is 63.2 Å². The molecule has 1 N–H and O–H groups in total. The van der Waals surface area contributed by atoms with Crippen LogP contribution in [0.25, 0.3) is 0 Å². The molecule has 0 fully saturated rings. The summed E-state index contributed by atoms with van der Waals surface area (Å²) in [6.45, 7) is 0.0768. The molecular formula is C20H19N3O6. The fourth-order valence-corrected chi connectivity index (χ4v) is 3.15. The maximum absolute atomic E-state index is 12.4. The van der Waals surface area contributed by atoms with Crippen LogP contribution in [0.15, 0.2) is 36.4 Å². The second-order valence-corrected chi connectivity index (χ2v) is 6.55. The maximum Gasteiger partial charge on any atom is 0.311 e. The molecule has 9 nitrogen and oxygen atoms in total. The summed E-state index contributed by atoms with van der Waals surface area (Å²) in [7, 11) is 3.00. The Kier molecular flexibility index (Phi) is 5.58. The number of nitro benzene ring substituents is 1. The van der Waals surface area contributed by atoms with Crippen molar-refractivity contribution in [2.24, 2.45) is 0 Å². The number of carbonyl (C=O) groups is 3. The monoisotopic (exact) mass is 397 g/mol. The van der Waals surface area contributed by atoms with Gasteiger partial charge in [-0.15, -0.1) is 0 Å². The van der Waals surface area contributed by atoms with Crippen LogP contribution < -0.4 is 15.0 Å². The Morgan fingerprint density at radius 2 is 1.93 bits per heavy atom. The largest absolute Gasteiger partial charge is 0.490 e. The first-order valence-electron chi connectivity index (χ1n) is 8.85. The number of hydrogen-bond donors (Lipinski definition) is 1. The molecule has 3 rings (SSSR count). The number of nitro groups is 1. The molecule has 2 amide bonds. The number of Topliss-reactive ketones (excluding diaryl/α,β-unsaturated/α-hetero) is 1. The Hall–Kier alpha value is -3.75. The molecule has 0 aliphatic carbocycles. The predicted molar refractivity (Wildman–Crippen MR) is 104 cm³/mol. The van der Waals surface area contributed by atoms with Crippen molar-refractivity contribution < 1.29 is 24.0 Å². The topological polar surface area (TPSA) is 119 Å². The van der Waals surface area contributed by atoms with E-state index in [0.29, 0.717) is 5.56 Å². The predicted octanol–water partition coefficient (Wildman–Crippen LogP) is 2.13. The van der Waals surface area contributed by atoms with Crippen LogP contribution in [-0.2, 0) is 11.2 Å². The van der Waals surface area contributed by atoms with E-state index in [0.717, 1.165) is 17.3 Å². The number of anilines is 1. The lowest BCUT2D eigenvalue weighted by molar-refractivity contribution is -0.385. The summed E-state index contributed by atoms with van der Waals surface area (Å²) < 4.78 is 4.91. The molecule has 0 unspecified atom stereocenters. The van der Waals surface area contributed by atoms with E-state index in [1.54, 1.807) is 30.1 Å². The molecule has 0 atom stereocenters. The average Bonchev–Trinajstić information content (AvgIpc) is 3.00. The summed E-state index contributed by atoms with van der Waals surface area (Å²) in [5, 5.41) is 13.6. The smallest absolute Gasteiger partial charge is 0.311 e. The van der Waals surface area contributed by atoms with Gasteiger partial charge in [-0.05, 0) is 35.9 Å². The summed E-state index contributed by atoms with van der Waals surface area (Å²) in [6, 6.07) is 8.99. The Morgan fingerprint density at radius 3 is 2.62 bits per heavy atom. The van der Waals surface area contributed by atoms with E-state index in [-0.39, 0.29) is 48.1 Å². The van der Waals surface area contributed by atoms with E-state index in [1.807, 2.05) is 0 Å². The molecule has 0 spiro atoms. The highest BCUT2D eigenvalue weighted by Gasteiger charge is 2.24. The van der Waals surface area contributed by atoms with E-state index >= 15 is 0 Å². The molecular weight excluding hydrogens is 378 g/mol. The van der Waals surface area contributed by atoms with E-state index in [1.165, 1.54) is 19.2 Å². The number of hydrogen-bond acceptors (Lipinski definition) is 6. The first-order valence-corrected chi connectivity index (χ1v) is 8.85. The van der Waals surface area contributed by atoms with Gasteiger partial charge in [-0.2, -0.15) is 0 Å². The van der Waals surface area contributed by atoms with Crippen LogP contribution in [0.1, 0.15) is 32.7 Å². The fourth-order valence-electron chi connectivity index (χ4n) is 3.15. The van der Waals surface area contributed by atoms with Crippen LogP contribution in [-0.4, -0.2) is 43.2 Å². The van der Waals surface area contributed by atoms with Crippen molar-refractivity contribution in [1.29, 1.82) is 0 Å². The van der Waals surface area contributed by atoms with E-state index in [9.17, 15) is 24.5 Å². The van der Waals surface area contributed by atoms with Gasteiger partial charge in [-0.25, -0.2) is 0 Å². The molecule has 0 bridgehead atoms. The number of methoxy groups -OCH3 is 1. The minimum atomic E-state index is -0.630. The second kappa shape index (κ2) is 8.09. The molecule has 0 saturated carbocycles. The van der Waals surface area contributed by atoms with Crippen LogP contribution >= 0.6 is 0 Å². The van der Waals surface area contributed by atoms with Crippen molar-refractivity contribution in [2.75, 3.05) is 25.6 Å². The molecule has 2 aromatic rings. The number of amides is 2. The lowest BCUT2D eigenvalue weighted by Gasteiger charge is -2.10. The van der Waals surface area contributed by atoms with Crippen LogP contribution in [0.5, 0.6) is 5.75 Å². The highest BCUT2D eigenvalue weighted by Crippen LogP contribution is 2.29. The Bertz CT molecular complexity index is 1020. The fraction of sp³-hybridized carbons (Fsp3) is 0.250. The molecule has 0 aromatic heterocycles. The van der Waals surface area contributed by atoms with Crippen molar-refractivity contribution in [1.82, 2.24) is 5.32 Å². The Morgan fingerprint density at radius 1 is 1.21 bits per heavy atom. The van der Waals surface area contributed by atoms with Gasteiger partial charge in [0.25, 0.3) is 5.91 Å². The number of likely N-dealkylation sites (N-methyl/N-ethyl adjacent to an activating group) is 1. The van der Waals surface area contributed by atoms with Crippen molar-refractivity contribution >= 4 is 29.0 Å². The van der Waals surface area contributed by atoms with Gasteiger partial charge in [0.15, 0.2) is 11.5 Å². The number of rotatable bonds is 7. The zero-order valence-electron chi connectivity index (χ0n) is 15.9. The van der Waals surface area contributed by atoms with Gasteiger partial charge in [0.05, 0.1) is 18.5 Å². The summed E-state index contributed by atoms with van der Waals surface area (Å²) >= 11 is 0. The van der Waals surface area contributed by atoms with Crippen LogP contribution in [0.2, 0.25) is 0 Å². The zero-order valence-corrected chi connectivity index (χ0v) is 15.9.